The zero-order valence-corrected chi connectivity index (χ0v) is 10.0. The maximum atomic E-state index is 4.41. The van der Waals surface area contributed by atoms with Crippen molar-refractivity contribution in [3.05, 3.63) is 28.2 Å². The maximum absolute atomic E-state index is 4.41. The van der Waals surface area contributed by atoms with Gasteiger partial charge in [-0.25, -0.2) is 4.98 Å². The lowest BCUT2D eigenvalue weighted by Crippen LogP contribution is -2.19. The van der Waals surface area contributed by atoms with E-state index in [1.54, 1.807) is 11.3 Å². The third-order valence-electron chi connectivity index (χ3n) is 2.98. The summed E-state index contributed by atoms with van der Waals surface area (Å²) in [5.74, 6) is 0. The van der Waals surface area contributed by atoms with E-state index in [9.17, 15) is 0 Å². The SMILES string of the molecule is CNC(C1=CCCCCC1)c1cscn1. The minimum Gasteiger partial charge on any atom is -0.308 e. The van der Waals surface area contributed by atoms with Crippen LogP contribution in [0.25, 0.3) is 0 Å². The molecule has 82 valence electrons. The number of aromatic nitrogens is 1. The lowest BCUT2D eigenvalue weighted by molar-refractivity contribution is 0.618. The molecule has 0 amide bonds. The molecule has 2 rings (SSSR count). The summed E-state index contributed by atoms with van der Waals surface area (Å²) < 4.78 is 0. The second-order valence-electron chi connectivity index (χ2n) is 4.01. The highest BCUT2D eigenvalue weighted by molar-refractivity contribution is 7.07. The molecule has 0 bridgehead atoms. The molecule has 0 fully saturated rings. The highest BCUT2D eigenvalue weighted by atomic mass is 32.1. The second kappa shape index (κ2) is 5.42. The van der Waals surface area contributed by atoms with Crippen molar-refractivity contribution >= 4 is 11.3 Å². The highest BCUT2D eigenvalue weighted by Gasteiger charge is 2.17. The van der Waals surface area contributed by atoms with Crippen molar-refractivity contribution in [2.45, 2.75) is 38.1 Å². The van der Waals surface area contributed by atoms with Crippen LogP contribution in [0.15, 0.2) is 22.5 Å². The minimum absolute atomic E-state index is 0.342. The molecule has 1 aliphatic rings. The molecule has 1 aromatic rings. The second-order valence-corrected chi connectivity index (χ2v) is 4.73. The Labute approximate surface area is 95.4 Å². The summed E-state index contributed by atoms with van der Waals surface area (Å²) in [6, 6.07) is 0.342. The van der Waals surface area contributed by atoms with Crippen LogP contribution in [0.1, 0.15) is 43.8 Å². The van der Waals surface area contributed by atoms with Gasteiger partial charge in [0.05, 0.1) is 17.2 Å². The molecule has 0 aromatic carbocycles. The molecule has 0 spiro atoms. The number of thiazole rings is 1. The Balaban J connectivity index is 2.15. The fourth-order valence-electron chi connectivity index (χ4n) is 2.19. The number of hydrogen-bond donors (Lipinski definition) is 1. The number of rotatable bonds is 3. The highest BCUT2D eigenvalue weighted by Crippen LogP contribution is 2.28. The molecular formula is C12H18N2S. The van der Waals surface area contributed by atoms with Gasteiger partial charge in [0.2, 0.25) is 0 Å². The number of allylic oxidation sites excluding steroid dienone is 1. The lowest BCUT2D eigenvalue weighted by atomic mass is 10.00. The first kappa shape index (κ1) is 10.8. The molecule has 0 aliphatic heterocycles. The van der Waals surface area contributed by atoms with Crippen molar-refractivity contribution in [3.63, 3.8) is 0 Å². The smallest absolute Gasteiger partial charge is 0.0795 e. The van der Waals surface area contributed by atoms with Gasteiger partial charge < -0.3 is 5.32 Å². The van der Waals surface area contributed by atoms with Crippen LogP contribution in [0, 0.1) is 0 Å². The van der Waals surface area contributed by atoms with E-state index in [-0.39, 0.29) is 0 Å². The van der Waals surface area contributed by atoms with Crippen molar-refractivity contribution < 1.29 is 0 Å². The van der Waals surface area contributed by atoms with Gasteiger partial charge in [-0.15, -0.1) is 11.3 Å². The summed E-state index contributed by atoms with van der Waals surface area (Å²) in [7, 11) is 2.02. The zero-order chi connectivity index (χ0) is 10.5. The van der Waals surface area contributed by atoms with Gasteiger partial charge in [-0.1, -0.05) is 18.1 Å². The van der Waals surface area contributed by atoms with E-state index in [1.165, 1.54) is 43.4 Å². The first-order valence-electron chi connectivity index (χ1n) is 5.66. The van der Waals surface area contributed by atoms with Crippen molar-refractivity contribution in [1.29, 1.82) is 0 Å². The van der Waals surface area contributed by atoms with Gasteiger partial charge in [0.15, 0.2) is 0 Å². The summed E-state index contributed by atoms with van der Waals surface area (Å²) in [6.45, 7) is 0. The van der Waals surface area contributed by atoms with Gasteiger partial charge in [-0.05, 0) is 32.7 Å². The van der Waals surface area contributed by atoms with Crippen LogP contribution in [0.3, 0.4) is 0 Å². The quantitative estimate of drug-likeness (QED) is 0.794. The molecule has 15 heavy (non-hydrogen) atoms. The van der Waals surface area contributed by atoms with Gasteiger partial charge in [0.1, 0.15) is 0 Å². The van der Waals surface area contributed by atoms with Crippen molar-refractivity contribution in [2.24, 2.45) is 0 Å². The first-order chi connectivity index (χ1) is 7.42. The van der Waals surface area contributed by atoms with E-state index in [0.29, 0.717) is 6.04 Å². The molecule has 1 heterocycles. The molecule has 3 heteroatoms. The van der Waals surface area contributed by atoms with Crippen LogP contribution in [0.4, 0.5) is 0 Å². The van der Waals surface area contributed by atoms with Crippen LogP contribution in [-0.4, -0.2) is 12.0 Å². The normalized spacial score (nSPS) is 19.4. The molecule has 1 atom stereocenters. The van der Waals surface area contributed by atoms with Crippen molar-refractivity contribution in [1.82, 2.24) is 10.3 Å². The predicted molar refractivity (Wildman–Crippen MR) is 65.1 cm³/mol. The van der Waals surface area contributed by atoms with Crippen LogP contribution >= 0.6 is 11.3 Å². The third kappa shape index (κ3) is 2.67. The Morgan fingerprint density at radius 1 is 1.40 bits per heavy atom. The monoisotopic (exact) mass is 222 g/mol. The number of hydrogen-bond acceptors (Lipinski definition) is 3. The largest absolute Gasteiger partial charge is 0.308 e. The number of nitrogens with one attached hydrogen (secondary N) is 1. The molecule has 1 N–H and O–H groups in total. The molecule has 1 aromatic heterocycles. The summed E-state index contributed by atoms with van der Waals surface area (Å²) in [4.78, 5) is 4.41. The average Bonchev–Trinajstić information content (AvgIpc) is 2.63. The number of likely N-dealkylation sites (N-methyl/N-ethyl adjacent to an activating group) is 1. The fraction of sp³-hybridized carbons (Fsp3) is 0.583. The van der Waals surface area contributed by atoms with Crippen LogP contribution < -0.4 is 5.32 Å². The van der Waals surface area contributed by atoms with Crippen LogP contribution in [0.5, 0.6) is 0 Å². The molecule has 0 saturated heterocycles. The third-order valence-corrected chi connectivity index (χ3v) is 3.59. The van der Waals surface area contributed by atoms with E-state index < -0.39 is 0 Å². The first-order valence-corrected chi connectivity index (χ1v) is 6.60. The van der Waals surface area contributed by atoms with Gasteiger partial charge in [-0.2, -0.15) is 0 Å². The molecule has 2 nitrogen and oxygen atoms in total. The lowest BCUT2D eigenvalue weighted by Gasteiger charge is -2.17. The Hall–Kier alpha value is -0.670. The topological polar surface area (TPSA) is 24.9 Å². The Kier molecular flexibility index (Phi) is 3.92. The van der Waals surface area contributed by atoms with Crippen LogP contribution in [-0.2, 0) is 0 Å². The average molecular weight is 222 g/mol. The predicted octanol–water partition coefficient (Wildman–Crippen LogP) is 3.29. The summed E-state index contributed by atoms with van der Waals surface area (Å²) in [5.41, 5.74) is 4.62. The van der Waals surface area contributed by atoms with E-state index >= 15 is 0 Å². The van der Waals surface area contributed by atoms with Crippen molar-refractivity contribution in [2.75, 3.05) is 7.05 Å². The molecular weight excluding hydrogens is 204 g/mol. The summed E-state index contributed by atoms with van der Waals surface area (Å²) >= 11 is 1.67. The Bertz CT molecular complexity index is 316. The van der Waals surface area contributed by atoms with Gasteiger partial charge >= 0.3 is 0 Å². The van der Waals surface area contributed by atoms with Crippen molar-refractivity contribution in [3.8, 4) is 0 Å². The molecule has 0 radical (unpaired) electrons. The molecule has 0 saturated carbocycles. The van der Waals surface area contributed by atoms with E-state index in [4.69, 9.17) is 0 Å². The maximum Gasteiger partial charge on any atom is 0.0795 e. The van der Waals surface area contributed by atoms with E-state index in [0.717, 1.165) is 0 Å². The minimum atomic E-state index is 0.342. The van der Waals surface area contributed by atoms with Crippen LogP contribution in [0.2, 0.25) is 0 Å². The Morgan fingerprint density at radius 3 is 3.07 bits per heavy atom. The fourth-order valence-corrected chi connectivity index (χ4v) is 2.77. The molecule has 1 unspecified atom stereocenters. The molecule has 1 aliphatic carbocycles. The summed E-state index contributed by atoms with van der Waals surface area (Å²) in [5, 5.41) is 5.52. The number of nitrogens with zero attached hydrogens (tertiary/aromatic N) is 1. The van der Waals surface area contributed by atoms with E-state index in [1.807, 2.05) is 12.6 Å². The van der Waals surface area contributed by atoms with Gasteiger partial charge in [0.25, 0.3) is 0 Å². The van der Waals surface area contributed by atoms with Gasteiger partial charge in [-0.3, -0.25) is 0 Å². The standard InChI is InChI=1S/C12H18N2S/c1-13-12(11-8-15-9-14-11)10-6-4-2-3-5-7-10/h6,8-9,12-13H,2-5,7H2,1H3. The zero-order valence-electron chi connectivity index (χ0n) is 9.20. The van der Waals surface area contributed by atoms with E-state index in [2.05, 4.69) is 21.8 Å². The summed E-state index contributed by atoms with van der Waals surface area (Å²) in [6.07, 6.45) is 8.91. The Morgan fingerprint density at radius 2 is 2.33 bits per heavy atom. The van der Waals surface area contributed by atoms with Gasteiger partial charge in [0, 0.05) is 5.38 Å².